The van der Waals surface area contributed by atoms with Crippen molar-refractivity contribution >= 4 is 11.7 Å². The number of piperidine rings is 1. The third-order valence-electron chi connectivity index (χ3n) is 7.45. The van der Waals surface area contributed by atoms with Crippen molar-refractivity contribution in [1.29, 1.82) is 0 Å². The molecule has 1 aromatic heterocycles. The van der Waals surface area contributed by atoms with Gasteiger partial charge >= 0.3 is 5.97 Å². The summed E-state index contributed by atoms with van der Waals surface area (Å²) in [6.07, 6.45) is 2.41. The van der Waals surface area contributed by atoms with Gasteiger partial charge in [-0.05, 0) is 62.8 Å². The van der Waals surface area contributed by atoms with Crippen molar-refractivity contribution in [2.24, 2.45) is 5.41 Å². The van der Waals surface area contributed by atoms with Crippen LogP contribution in [0, 0.1) is 19.3 Å². The van der Waals surface area contributed by atoms with E-state index >= 15 is 0 Å². The normalized spacial score (nSPS) is 14.7. The molecule has 3 aromatic rings. The van der Waals surface area contributed by atoms with Crippen molar-refractivity contribution in [2.45, 2.75) is 60.5 Å². The number of rotatable bonds is 9. The Bertz CT molecular complexity index is 1260. The highest BCUT2D eigenvalue weighted by molar-refractivity contribution is 5.87. The van der Waals surface area contributed by atoms with Crippen LogP contribution in [0.3, 0.4) is 0 Å². The van der Waals surface area contributed by atoms with E-state index in [-0.39, 0.29) is 12.4 Å². The van der Waals surface area contributed by atoms with Gasteiger partial charge in [-0.3, -0.25) is 9.78 Å². The van der Waals surface area contributed by atoms with Crippen LogP contribution < -0.4 is 14.4 Å². The number of nitrogens with zero attached hydrogens (tertiary/aromatic N) is 2. The smallest absolute Gasteiger partial charge is 0.310 e. The van der Waals surface area contributed by atoms with Gasteiger partial charge in [-0.25, -0.2) is 0 Å². The molecule has 0 N–H and O–H groups in total. The SMILES string of the molecule is CCOC(=O)Cc1c(C)nc(C)c(-c2ccc(OCc3ccccc3OC)cc2)c1N1CCC(C)(C)CC1. The molecule has 0 saturated carbocycles. The van der Waals surface area contributed by atoms with E-state index < -0.39 is 0 Å². The van der Waals surface area contributed by atoms with Gasteiger partial charge in [0.2, 0.25) is 0 Å². The third-order valence-corrected chi connectivity index (χ3v) is 7.45. The van der Waals surface area contributed by atoms with Crippen LogP contribution in [0.1, 0.15) is 56.1 Å². The van der Waals surface area contributed by atoms with Crippen LogP contribution in [0.2, 0.25) is 0 Å². The summed E-state index contributed by atoms with van der Waals surface area (Å²) < 4.78 is 16.9. The molecular formula is C32H40N2O4. The molecule has 1 saturated heterocycles. The summed E-state index contributed by atoms with van der Waals surface area (Å²) in [5.41, 5.74) is 7.36. The van der Waals surface area contributed by atoms with E-state index in [1.165, 1.54) is 0 Å². The lowest BCUT2D eigenvalue weighted by Crippen LogP contribution is -2.38. The zero-order valence-corrected chi connectivity index (χ0v) is 23.6. The molecule has 0 bridgehead atoms. The maximum absolute atomic E-state index is 12.6. The monoisotopic (exact) mass is 516 g/mol. The fourth-order valence-corrected chi connectivity index (χ4v) is 5.17. The molecular weight excluding hydrogens is 476 g/mol. The number of aryl methyl sites for hydroxylation is 2. The first-order chi connectivity index (χ1) is 18.2. The minimum atomic E-state index is -0.217. The number of esters is 1. The number of para-hydroxylation sites is 1. The summed E-state index contributed by atoms with van der Waals surface area (Å²) in [5, 5.41) is 0. The number of methoxy groups -OCH3 is 1. The van der Waals surface area contributed by atoms with Crippen molar-refractivity contribution in [3.05, 3.63) is 71.0 Å². The molecule has 38 heavy (non-hydrogen) atoms. The molecule has 6 heteroatoms. The van der Waals surface area contributed by atoms with E-state index in [2.05, 4.69) is 37.8 Å². The van der Waals surface area contributed by atoms with E-state index in [0.29, 0.717) is 18.6 Å². The van der Waals surface area contributed by atoms with Crippen molar-refractivity contribution in [3.8, 4) is 22.6 Å². The minimum Gasteiger partial charge on any atom is -0.496 e. The van der Waals surface area contributed by atoms with E-state index in [9.17, 15) is 4.79 Å². The summed E-state index contributed by atoms with van der Waals surface area (Å²) in [5.74, 6) is 1.38. The molecule has 0 aliphatic carbocycles. The summed E-state index contributed by atoms with van der Waals surface area (Å²) in [6, 6.07) is 16.0. The number of benzene rings is 2. The van der Waals surface area contributed by atoms with Gasteiger partial charge in [-0.1, -0.05) is 44.2 Å². The molecule has 0 radical (unpaired) electrons. The Morgan fingerprint density at radius 1 is 1.00 bits per heavy atom. The molecule has 4 rings (SSSR count). The van der Waals surface area contributed by atoms with Crippen LogP contribution in [0.15, 0.2) is 48.5 Å². The van der Waals surface area contributed by atoms with E-state index in [0.717, 1.165) is 76.8 Å². The molecule has 0 unspecified atom stereocenters. The third kappa shape index (κ3) is 6.29. The molecule has 6 nitrogen and oxygen atoms in total. The topological polar surface area (TPSA) is 60.9 Å². The molecule has 1 aliphatic rings. The minimum absolute atomic E-state index is 0.217. The van der Waals surface area contributed by atoms with Gasteiger partial charge < -0.3 is 19.1 Å². The highest BCUT2D eigenvalue weighted by Crippen LogP contribution is 2.42. The summed E-state index contributed by atoms with van der Waals surface area (Å²) in [6.45, 7) is 13.2. The van der Waals surface area contributed by atoms with Crippen molar-refractivity contribution in [3.63, 3.8) is 0 Å². The number of ether oxygens (including phenoxy) is 3. The first kappa shape index (κ1) is 27.5. The van der Waals surface area contributed by atoms with Gasteiger partial charge in [-0.2, -0.15) is 0 Å². The Hall–Kier alpha value is -3.54. The van der Waals surface area contributed by atoms with Crippen LogP contribution in [0.4, 0.5) is 5.69 Å². The molecule has 1 fully saturated rings. The van der Waals surface area contributed by atoms with Crippen LogP contribution in [0.25, 0.3) is 11.1 Å². The molecule has 0 spiro atoms. The second-order valence-corrected chi connectivity index (χ2v) is 10.7. The number of carbonyl (C=O) groups excluding carboxylic acids is 1. The fourth-order valence-electron chi connectivity index (χ4n) is 5.17. The maximum Gasteiger partial charge on any atom is 0.310 e. The lowest BCUT2D eigenvalue weighted by molar-refractivity contribution is -0.142. The predicted molar refractivity (Wildman–Crippen MR) is 152 cm³/mol. The number of hydrogen-bond acceptors (Lipinski definition) is 6. The average molecular weight is 517 g/mol. The number of pyridine rings is 1. The van der Waals surface area contributed by atoms with E-state index in [1.807, 2.05) is 50.2 Å². The van der Waals surface area contributed by atoms with Crippen molar-refractivity contribution in [2.75, 3.05) is 31.7 Å². The van der Waals surface area contributed by atoms with Crippen molar-refractivity contribution < 1.29 is 19.0 Å². The second-order valence-electron chi connectivity index (χ2n) is 10.7. The second kappa shape index (κ2) is 11.9. The number of hydrogen-bond donors (Lipinski definition) is 0. The summed E-state index contributed by atoms with van der Waals surface area (Å²) in [4.78, 5) is 20.0. The summed E-state index contributed by atoms with van der Waals surface area (Å²) >= 11 is 0. The standard InChI is InChI=1S/C32H40N2O4/c1-7-37-29(35)20-27-22(2)33-23(3)30(31(27)34-18-16-32(4,5)17-19-34)24-12-14-26(15-13-24)38-21-25-10-8-9-11-28(25)36-6/h8-15H,7,16-21H2,1-6H3. The number of aromatic nitrogens is 1. The van der Waals surface area contributed by atoms with Crippen LogP contribution in [0.5, 0.6) is 11.5 Å². The van der Waals surface area contributed by atoms with Gasteiger partial charge in [0.15, 0.2) is 0 Å². The lowest BCUT2D eigenvalue weighted by Gasteiger charge is -2.40. The lowest BCUT2D eigenvalue weighted by atomic mass is 9.82. The Balaban J connectivity index is 1.68. The highest BCUT2D eigenvalue weighted by atomic mass is 16.5. The van der Waals surface area contributed by atoms with Crippen LogP contribution >= 0.6 is 0 Å². The molecule has 2 aromatic carbocycles. The highest BCUT2D eigenvalue weighted by Gasteiger charge is 2.30. The van der Waals surface area contributed by atoms with Crippen LogP contribution in [-0.2, 0) is 22.6 Å². The first-order valence-corrected chi connectivity index (χ1v) is 13.5. The number of anilines is 1. The van der Waals surface area contributed by atoms with E-state index in [4.69, 9.17) is 19.2 Å². The van der Waals surface area contributed by atoms with E-state index in [1.54, 1.807) is 7.11 Å². The largest absolute Gasteiger partial charge is 0.496 e. The van der Waals surface area contributed by atoms with Crippen LogP contribution in [-0.4, -0.2) is 37.8 Å². The summed E-state index contributed by atoms with van der Waals surface area (Å²) in [7, 11) is 1.67. The molecule has 0 amide bonds. The van der Waals surface area contributed by atoms with Gasteiger partial charge in [-0.15, -0.1) is 0 Å². The van der Waals surface area contributed by atoms with Crippen molar-refractivity contribution in [1.82, 2.24) is 4.98 Å². The number of carbonyl (C=O) groups is 1. The Morgan fingerprint density at radius 3 is 2.34 bits per heavy atom. The molecule has 0 atom stereocenters. The van der Waals surface area contributed by atoms with Gasteiger partial charge in [0, 0.05) is 41.2 Å². The molecule has 1 aliphatic heterocycles. The average Bonchev–Trinajstić information content (AvgIpc) is 2.90. The van der Waals surface area contributed by atoms with Gasteiger partial charge in [0.1, 0.15) is 18.1 Å². The Kier molecular flexibility index (Phi) is 8.60. The Labute approximate surface area is 226 Å². The maximum atomic E-state index is 12.6. The Morgan fingerprint density at radius 2 is 1.68 bits per heavy atom. The van der Waals surface area contributed by atoms with Gasteiger partial charge in [0.25, 0.3) is 0 Å². The zero-order valence-electron chi connectivity index (χ0n) is 23.6. The fraction of sp³-hybridized carbons (Fsp3) is 0.438. The molecule has 202 valence electrons. The first-order valence-electron chi connectivity index (χ1n) is 13.5. The van der Waals surface area contributed by atoms with Gasteiger partial charge in [0.05, 0.1) is 25.8 Å². The zero-order chi connectivity index (χ0) is 27.3. The molecule has 2 heterocycles. The predicted octanol–water partition coefficient (Wildman–Crippen LogP) is 6.69. The quantitative estimate of drug-likeness (QED) is 0.296.